The zero-order chi connectivity index (χ0) is 24.2. The number of hydrogen-bond donors (Lipinski definition) is 1. The van der Waals surface area contributed by atoms with Crippen molar-refractivity contribution in [3.63, 3.8) is 0 Å². The number of hydrogen-bond acceptors (Lipinski definition) is 3. The van der Waals surface area contributed by atoms with Crippen molar-refractivity contribution < 1.29 is 19.0 Å². The van der Waals surface area contributed by atoms with Gasteiger partial charge in [0.1, 0.15) is 11.6 Å². The highest BCUT2D eigenvalue weighted by molar-refractivity contribution is 5.70. The number of piperidine rings is 3. The van der Waals surface area contributed by atoms with E-state index < -0.39 is 6.09 Å². The van der Waals surface area contributed by atoms with Crippen LogP contribution in [0.5, 0.6) is 5.75 Å². The summed E-state index contributed by atoms with van der Waals surface area (Å²) in [6.07, 6.45) is 2.08. The number of halogens is 1. The summed E-state index contributed by atoms with van der Waals surface area (Å²) in [5.41, 5.74) is 3.71. The van der Waals surface area contributed by atoms with Gasteiger partial charge in [0, 0.05) is 12.6 Å². The lowest BCUT2D eigenvalue weighted by Gasteiger charge is -2.51. The van der Waals surface area contributed by atoms with Crippen molar-refractivity contribution in [1.82, 2.24) is 9.80 Å². The van der Waals surface area contributed by atoms with Crippen LogP contribution in [0.2, 0.25) is 0 Å². The number of fused-ring (bicyclic) bond motifs is 4. The van der Waals surface area contributed by atoms with Crippen LogP contribution in [0.15, 0.2) is 36.4 Å². The molecule has 1 amide bonds. The van der Waals surface area contributed by atoms with Gasteiger partial charge < -0.3 is 14.7 Å². The van der Waals surface area contributed by atoms with Crippen LogP contribution in [0.3, 0.4) is 0 Å². The van der Waals surface area contributed by atoms with Gasteiger partial charge in [-0.05, 0) is 91.9 Å². The zero-order valence-electron chi connectivity index (χ0n) is 20.6. The summed E-state index contributed by atoms with van der Waals surface area (Å²) < 4.78 is 20.1. The van der Waals surface area contributed by atoms with Crippen LogP contribution in [-0.4, -0.2) is 52.8 Å². The summed E-state index contributed by atoms with van der Waals surface area (Å²) in [4.78, 5) is 16.8. The van der Waals surface area contributed by atoms with Crippen molar-refractivity contribution in [2.45, 2.75) is 65.1 Å². The Morgan fingerprint density at radius 2 is 1.88 bits per heavy atom. The monoisotopic (exact) mass is 466 g/mol. The van der Waals surface area contributed by atoms with Crippen LogP contribution in [0.25, 0.3) is 11.1 Å². The molecule has 1 N–H and O–H groups in total. The molecule has 3 saturated heterocycles. The molecule has 0 spiro atoms. The second-order valence-corrected chi connectivity index (χ2v) is 11.2. The molecule has 34 heavy (non-hydrogen) atoms. The van der Waals surface area contributed by atoms with E-state index in [1.54, 1.807) is 4.90 Å². The van der Waals surface area contributed by atoms with E-state index in [0.717, 1.165) is 61.2 Å². The number of nitrogens with zero attached hydrogens (tertiary/aromatic N) is 2. The predicted octanol–water partition coefficient (Wildman–Crippen LogP) is 5.98. The summed E-state index contributed by atoms with van der Waals surface area (Å²) >= 11 is 0. The molecule has 2 aromatic carbocycles. The number of carbonyl (C=O) groups is 1. The Bertz CT molecular complexity index is 1090. The van der Waals surface area contributed by atoms with Crippen LogP contribution < -0.4 is 4.74 Å². The van der Waals surface area contributed by atoms with Crippen LogP contribution in [-0.2, 0) is 6.42 Å². The van der Waals surface area contributed by atoms with Crippen LogP contribution in [0, 0.1) is 17.2 Å². The third-order valence-corrected chi connectivity index (χ3v) is 7.88. The molecule has 0 aromatic heterocycles. The maximum absolute atomic E-state index is 14.3. The van der Waals surface area contributed by atoms with Gasteiger partial charge in [0.2, 0.25) is 0 Å². The van der Waals surface area contributed by atoms with Crippen molar-refractivity contribution in [3.8, 4) is 16.9 Å². The molecule has 0 saturated carbocycles. The highest BCUT2D eigenvalue weighted by atomic mass is 19.1. The maximum atomic E-state index is 14.3. The minimum absolute atomic E-state index is 0.0360. The molecule has 0 radical (unpaired) electrons. The average Bonchev–Trinajstić information content (AvgIpc) is 3.03. The van der Waals surface area contributed by atoms with E-state index in [1.807, 2.05) is 26.0 Å². The van der Waals surface area contributed by atoms with E-state index in [9.17, 15) is 14.3 Å². The quantitative estimate of drug-likeness (QED) is 0.589. The van der Waals surface area contributed by atoms with Crippen LogP contribution >= 0.6 is 0 Å². The largest absolute Gasteiger partial charge is 0.491 e. The third-order valence-electron chi connectivity index (χ3n) is 7.88. The van der Waals surface area contributed by atoms with Gasteiger partial charge in [-0.25, -0.2) is 9.18 Å². The summed E-state index contributed by atoms with van der Waals surface area (Å²) in [6, 6.07) is 10.8. The number of benzene rings is 2. The Morgan fingerprint density at radius 3 is 2.50 bits per heavy atom. The average molecular weight is 467 g/mol. The standard InChI is InChI=1S/C28H35FN2O3/c1-17(2)34-23-13-20(12-22(29)14-23)19-5-6-24-21(11-19)15-28(3,4)26(24)31(27(32)33)25-16-30-9-7-18(25)8-10-30/h5-6,11-14,17-18,25-26H,7-10,15-16H2,1-4H3,(H,32,33)/t25-,26+/m1/s1. The normalized spacial score (nSPS) is 27.0. The van der Waals surface area contributed by atoms with Crippen molar-refractivity contribution >= 4 is 6.09 Å². The molecule has 3 heterocycles. The molecule has 6 rings (SSSR count). The van der Waals surface area contributed by atoms with Gasteiger partial charge in [0.15, 0.2) is 0 Å². The van der Waals surface area contributed by atoms with E-state index >= 15 is 0 Å². The van der Waals surface area contributed by atoms with E-state index in [0.29, 0.717) is 11.7 Å². The molecule has 2 atom stereocenters. The molecule has 2 aromatic rings. The second-order valence-electron chi connectivity index (χ2n) is 11.2. The summed E-state index contributed by atoms with van der Waals surface area (Å²) in [5, 5.41) is 10.4. The Labute approximate surface area is 201 Å². The fourth-order valence-electron chi connectivity index (χ4n) is 6.50. The van der Waals surface area contributed by atoms with E-state index in [-0.39, 0.29) is 29.4 Å². The molecule has 2 bridgehead atoms. The summed E-state index contributed by atoms with van der Waals surface area (Å²) in [5.74, 6) is 0.626. The van der Waals surface area contributed by atoms with Crippen molar-refractivity contribution in [2.75, 3.05) is 19.6 Å². The lowest BCUT2D eigenvalue weighted by atomic mass is 9.79. The number of amides is 1. The Hall–Kier alpha value is -2.60. The Balaban J connectivity index is 1.51. The first-order valence-corrected chi connectivity index (χ1v) is 12.5. The zero-order valence-corrected chi connectivity index (χ0v) is 20.6. The van der Waals surface area contributed by atoms with Gasteiger partial charge >= 0.3 is 6.09 Å². The third kappa shape index (κ3) is 4.17. The van der Waals surface area contributed by atoms with Gasteiger partial charge in [-0.1, -0.05) is 32.0 Å². The first kappa shape index (κ1) is 23.2. The summed E-state index contributed by atoms with van der Waals surface area (Å²) in [7, 11) is 0. The molecule has 3 fully saturated rings. The van der Waals surface area contributed by atoms with E-state index in [4.69, 9.17) is 4.74 Å². The van der Waals surface area contributed by atoms with Gasteiger partial charge in [0.05, 0.1) is 18.2 Å². The molecule has 3 aliphatic heterocycles. The van der Waals surface area contributed by atoms with Gasteiger partial charge in [0.25, 0.3) is 0 Å². The number of rotatable bonds is 5. The Kier molecular flexibility index (Phi) is 5.83. The molecule has 5 nitrogen and oxygen atoms in total. The first-order valence-electron chi connectivity index (χ1n) is 12.5. The van der Waals surface area contributed by atoms with Gasteiger partial charge in [-0.2, -0.15) is 0 Å². The van der Waals surface area contributed by atoms with Crippen molar-refractivity contribution in [2.24, 2.45) is 11.3 Å². The highest BCUT2D eigenvalue weighted by Gasteiger charge is 2.50. The number of carboxylic acid groups (broad SMARTS) is 1. The fourth-order valence-corrected chi connectivity index (χ4v) is 6.50. The fraction of sp³-hybridized carbons (Fsp3) is 0.536. The second kappa shape index (κ2) is 8.56. The van der Waals surface area contributed by atoms with Crippen LogP contribution in [0.4, 0.5) is 9.18 Å². The number of ether oxygens (including phenoxy) is 1. The highest BCUT2D eigenvalue weighted by Crippen LogP contribution is 2.51. The first-order chi connectivity index (χ1) is 16.1. The topological polar surface area (TPSA) is 53.0 Å². The van der Waals surface area contributed by atoms with E-state index in [2.05, 4.69) is 30.9 Å². The summed E-state index contributed by atoms with van der Waals surface area (Å²) in [6.45, 7) is 11.2. The molecule has 1 aliphatic carbocycles. The smallest absolute Gasteiger partial charge is 0.408 e. The lowest BCUT2D eigenvalue weighted by molar-refractivity contribution is -0.0267. The minimum Gasteiger partial charge on any atom is -0.491 e. The SMILES string of the molecule is CC(C)Oc1cc(F)cc(-c2ccc3c(c2)CC(C)(C)[C@H]3N(C(=O)O)[C@@H]2CN3CCC2CC3)c1. The van der Waals surface area contributed by atoms with Gasteiger partial charge in [-0.3, -0.25) is 4.90 Å². The predicted molar refractivity (Wildman–Crippen MR) is 131 cm³/mol. The van der Waals surface area contributed by atoms with Crippen molar-refractivity contribution in [1.29, 1.82) is 0 Å². The molecule has 4 aliphatic rings. The van der Waals surface area contributed by atoms with E-state index in [1.165, 1.54) is 12.1 Å². The van der Waals surface area contributed by atoms with Crippen LogP contribution in [0.1, 0.15) is 57.7 Å². The maximum Gasteiger partial charge on any atom is 0.408 e. The Morgan fingerprint density at radius 1 is 1.15 bits per heavy atom. The molecule has 6 heteroatoms. The minimum atomic E-state index is -0.825. The molecular formula is C28H35FN2O3. The van der Waals surface area contributed by atoms with Crippen molar-refractivity contribution in [3.05, 3.63) is 53.3 Å². The molecular weight excluding hydrogens is 431 g/mol. The molecule has 182 valence electrons. The molecule has 0 unspecified atom stereocenters. The lowest BCUT2D eigenvalue weighted by Crippen LogP contribution is -2.60. The van der Waals surface area contributed by atoms with Gasteiger partial charge in [-0.15, -0.1) is 0 Å².